The topological polar surface area (TPSA) is 39.4 Å². The molecule has 0 spiro atoms. The summed E-state index contributed by atoms with van der Waals surface area (Å²) < 4.78 is 20.0. The molecule has 0 atom stereocenters. The molecule has 228 valence electrons. The third-order valence-electron chi connectivity index (χ3n) is 10.1. The maximum absolute atomic E-state index is 6.91. The summed E-state index contributed by atoms with van der Waals surface area (Å²) in [5, 5.41) is 10.0. The third-order valence-corrected chi connectivity index (χ3v) is 10.1. The molecule has 0 aliphatic heterocycles. The minimum atomic E-state index is 0.831. The average molecular weight is 627 g/mol. The highest BCUT2D eigenvalue weighted by Gasteiger charge is 2.27. The van der Waals surface area contributed by atoms with Crippen molar-refractivity contribution < 1.29 is 13.3 Å². The average Bonchev–Trinajstić information content (AvgIpc) is 3.85. The molecule has 0 fully saturated rings. The Balaban J connectivity index is 1.35. The number of hydrogen-bond donors (Lipinski definition) is 0. The van der Waals surface area contributed by atoms with Crippen LogP contribution in [0.1, 0.15) is 0 Å². The molecular formula is C46H26O3. The van der Waals surface area contributed by atoms with Gasteiger partial charge in [-0.2, -0.15) is 0 Å². The van der Waals surface area contributed by atoms with Crippen molar-refractivity contribution in [2.45, 2.75) is 0 Å². The lowest BCUT2D eigenvalue weighted by Crippen LogP contribution is -1.92. The predicted molar refractivity (Wildman–Crippen MR) is 202 cm³/mol. The van der Waals surface area contributed by atoms with E-state index >= 15 is 0 Å². The van der Waals surface area contributed by atoms with Crippen LogP contribution in [0.15, 0.2) is 171 Å². The van der Waals surface area contributed by atoms with Crippen LogP contribution < -0.4 is 0 Å². The molecule has 0 saturated carbocycles. The first kappa shape index (κ1) is 26.5. The molecule has 0 bridgehead atoms. The van der Waals surface area contributed by atoms with Gasteiger partial charge in [0.2, 0.25) is 0 Å². The molecule has 3 heterocycles. The molecule has 0 unspecified atom stereocenters. The van der Waals surface area contributed by atoms with Gasteiger partial charge in [0.1, 0.15) is 33.7 Å². The fourth-order valence-corrected chi connectivity index (χ4v) is 8.07. The Morgan fingerprint density at radius 2 is 0.816 bits per heavy atom. The highest BCUT2D eigenvalue weighted by atomic mass is 16.3. The number of benzene rings is 8. The van der Waals surface area contributed by atoms with Crippen molar-refractivity contribution in [3.8, 4) is 33.6 Å². The number of fused-ring (bicyclic) bond motifs is 10. The smallest absolute Gasteiger partial charge is 0.143 e. The lowest BCUT2D eigenvalue weighted by atomic mass is 9.84. The Kier molecular flexibility index (Phi) is 5.38. The maximum atomic E-state index is 6.91. The van der Waals surface area contributed by atoms with E-state index in [1.807, 2.05) is 36.4 Å². The normalized spacial score (nSPS) is 12.1. The van der Waals surface area contributed by atoms with Crippen molar-refractivity contribution in [1.29, 1.82) is 0 Å². The van der Waals surface area contributed by atoms with Gasteiger partial charge >= 0.3 is 0 Å². The van der Waals surface area contributed by atoms with E-state index in [1.54, 1.807) is 0 Å². The van der Waals surface area contributed by atoms with Crippen molar-refractivity contribution >= 4 is 76.4 Å². The highest BCUT2D eigenvalue weighted by molar-refractivity contribution is 6.31. The molecule has 0 radical (unpaired) electrons. The largest absolute Gasteiger partial charge is 0.456 e. The van der Waals surface area contributed by atoms with Gasteiger partial charge in [-0.05, 0) is 45.8 Å². The summed E-state index contributed by atoms with van der Waals surface area (Å²) in [6.45, 7) is 0. The number of para-hydroxylation sites is 3. The van der Waals surface area contributed by atoms with Crippen molar-refractivity contribution in [3.63, 3.8) is 0 Å². The van der Waals surface area contributed by atoms with E-state index in [2.05, 4.69) is 121 Å². The summed E-state index contributed by atoms with van der Waals surface area (Å²) in [6, 6.07) is 55.2. The van der Waals surface area contributed by atoms with Crippen molar-refractivity contribution in [3.05, 3.63) is 158 Å². The molecule has 3 heteroatoms. The number of furan rings is 3. The highest BCUT2D eigenvalue weighted by Crippen LogP contribution is 2.52. The van der Waals surface area contributed by atoms with Crippen LogP contribution in [-0.2, 0) is 0 Å². The van der Waals surface area contributed by atoms with Crippen molar-refractivity contribution in [1.82, 2.24) is 0 Å². The molecule has 0 aliphatic rings. The fraction of sp³-hybridized carbons (Fsp3) is 0. The van der Waals surface area contributed by atoms with E-state index in [4.69, 9.17) is 13.3 Å². The van der Waals surface area contributed by atoms with Crippen molar-refractivity contribution in [2.75, 3.05) is 0 Å². The molecule has 0 amide bonds. The summed E-state index contributed by atoms with van der Waals surface area (Å²) in [7, 11) is 0. The lowest BCUT2D eigenvalue weighted by Gasteiger charge is -2.18. The Morgan fingerprint density at radius 3 is 1.51 bits per heavy atom. The molecule has 11 aromatic rings. The number of hydrogen-bond acceptors (Lipinski definition) is 3. The van der Waals surface area contributed by atoms with Gasteiger partial charge < -0.3 is 13.3 Å². The van der Waals surface area contributed by atoms with Crippen LogP contribution in [0.2, 0.25) is 0 Å². The van der Waals surface area contributed by atoms with Gasteiger partial charge in [0.15, 0.2) is 0 Å². The van der Waals surface area contributed by atoms with Crippen LogP contribution in [0, 0.1) is 0 Å². The van der Waals surface area contributed by atoms with Crippen molar-refractivity contribution in [2.24, 2.45) is 0 Å². The van der Waals surface area contributed by atoms with Crippen LogP contribution in [0.5, 0.6) is 0 Å². The standard InChI is InChI=1S/C46H26O3/c1-2-13-27(14-3-1)45-44(43-39(49-45)26-25-38-42(43)34-20-9-11-24-37(34)47-38)41-31-18-6-4-16-29(31)40(30-17-5-7-19-32(30)41)35-22-12-21-33-28-15-8-10-23-36(28)48-46(33)35/h1-26H. The Morgan fingerprint density at radius 1 is 0.286 bits per heavy atom. The van der Waals surface area contributed by atoms with Crippen LogP contribution in [-0.4, -0.2) is 0 Å². The molecule has 3 nitrogen and oxygen atoms in total. The zero-order chi connectivity index (χ0) is 32.1. The lowest BCUT2D eigenvalue weighted by molar-refractivity contribution is 0.632. The van der Waals surface area contributed by atoms with E-state index in [9.17, 15) is 0 Å². The van der Waals surface area contributed by atoms with E-state index in [0.717, 1.165) is 110 Å². The molecule has 8 aromatic carbocycles. The summed E-state index contributed by atoms with van der Waals surface area (Å²) >= 11 is 0. The van der Waals surface area contributed by atoms with Gasteiger partial charge in [-0.25, -0.2) is 0 Å². The second-order valence-corrected chi connectivity index (χ2v) is 12.7. The SMILES string of the molecule is c1ccc(-c2oc3ccc4oc5ccccc5c4c3c2-c2c3ccccc3c(-c3cccc4c3oc3ccccc34)c3ccccc23)cc1. The monoisotopic (exact) mass is 626 g/mol. The van der Waals surface area contributed by atoms with E-state index in [-0.39, 0.29) is 0 Å². The zero-order valence-corrected chi connectivity index (χ0v) is 26.2. The molecule has 0 N–H and O–H groups in total. The van der Waals surface area contributed by atoms with Gasteiger partial charge in [0.05, 0.1) is 0 Å². The fourth-order valence-electron chi connectivity index (χ4n) is 8.07. The van der Waals surface area contributed by atoms with Gasteiger partial charge in [-0.15, -0.1) is 0 Å². The van der Waals surface area contributed by atoms with E-state index in [0.29, 0.717) is 0 Å². The number of rotatable bonds is 3. The van der Waals surface area contributed by atoms with Crippen LogP contribution in [0.3, 0.4) is 0 Å². The first-order valence-electron chi connectivity index (χ1n) is 16.6. The molecule has 11 rings (SSSR count). The molecule has 0 aliphatic carbocycles. The van der Waals surface area contributed by atoms with E-state index in [1.165, 1.54) is 0 Å². The summed E-state index contributed by atoms with van der Waals surface area (Å²) in [5.74, 6) is 0.843. The second kappa shape index (κ2) is 9.96. The molecular weight excluding hydrogens is 601 g/mol. The Bertz CT molecular complexity index is 3040. The van der Waals surface area contributed by atoms with Crippen LogP contribution >= 0.6 is 0 Å². The van der Waals surface area contributed by atoms with Crippen LogP contribution in [0.4, 0.5) is 0 Å². The zero-order valence-electron chi connectivity index (χ0n) is 26.2. The minimum absolute atomic E-state index is 0.831. The maximum Gasteiger partial charge on any atom is 0.143 e. The molecule has 49 heavy (non-hydrogen) atoms. The van der Waals surface area contributed by atoms with Gasteiger partial charge in [-0.1, -0.05) is 133 Å². The Labute approximate surface area is 280 Å². The first-order valence-corrected chi connectivity index (χ1v) is 16.6. The van der Waals surface area contributed by atoms with Gasteiger partial charge in [0.25, 0.3) is 0 Å². The third kappa shape index (κ3) is 3.67. The summed E-state index contributed by atoms with van der Waals surface area (Å²) in [5.41, 5.74) is 9.81. The summed E-state index contributed by atoms with van der Waals surface area (Å²) in [6.07, 6.45) is 0. The molecule has 0 saturated heterocycles. The minimum Gasteiger partial charge on any atom is -0.456 e. The second-order valence-electron chi connectivity index (χ2n) is 12.7. The Hall–Kier alpha value is -6.58. The molecule has 3 aromatic heterocycles. The van der Waals surface area contributed by atoms with Gasteiger partial charge in [-0.3, -0.25) is 0 Å². The predicted octanol–water partition coefficient (Wildman–Crippen LogP) is 13.5. The summed E-state index contributed by atoms with van der Waals surface area (Å²) in [4.78, 5) is 0. The quantitative estimate of drug-likeness (QED) is 0.183. The van der Waals surface area contributed by atoms with Crippen LogP contribution in [0.25, 0.3) is 110 Å². The van der Waals surface area contributed by atoms with Gasteiger partial charge in [0, 0.05) is 54.7 Å². The first-order chi connectivity index (χ1) is 24.3. The van der Waals surface area contributed by atoms with E-state index < -0.39 is 0 Å².